The normalized spacial score (nSPS) is 10.7. The second kappa shape index (κ2) is 8.49. The first-order chi connectivity index (χ1) is 11.9. The van der Waals surface area contributed by atoms with Crippen molar-refractivity contribution in [2.45, 2.75) is 13.8 Å². The molecule has 0 saturated carbocycles. The highest BCUT2D eigenvalue weighted by atomic mass is 35.5. The molecular formula is C20H21ClN2O2. The third-order valence-electron chi connectivity index (χ3n) is 3.95. The largest absolute Gasteiger partial charge is 0.333 e. The molecule has 0 aromatic heterocycles. The molecule has 25 heavy (non-hydrogen) atoms. The highest BCUT2D eigenvalue weighted by Gasteiger charge is 2.12. The first kappa shape index (κ1) is 18.7. The molecule has 1 N–H and O–H groups in total. The van der Waals surface area contributed by atoms with Crippen LogP contribution in [0.3, 0.4) is 0 Å². The number of nitrogens with one attached hydrogen (secondary N) is 1. The molecule has 0 spiro atoms. The molecule has 2 aromatic carbocycles. The van der Waals surface area contributed by atoms with Gasteiger partial charge in [0.25, 0.3) is 0 Å². The van der Waals surface area contributed by atoms with Gasteiger partial charge in [-0.1, -0.05) is 41.9 Å². The van der Waals surface area contributed by atoms with E-state index in [1.165, 1.54) is 11.0 Å². The Morgan fingerprint density at radius 2 is 1.84 bits per heavy atom. The summed E-state index contributed by atoms with van der Waals surface area (Å²) in [6.45, 7) is 3.91. The monoisotopic (exact) mass is 356 g/mol. The van der Waals surface area contributed by atoms with E-state index in [0.717, 1.165) is 22.4 Å². The molecule has 0 unspecified atom stereocenters. The van der Waals surface area contributed by atoms with Crippen LogP contribution in [0.4, 0.5) is 5.69 Å². The zero-order chi connectivity index (χ0) is 18.4. The third kappa shape index (κ3) is 5.19. The van der Waals surface area contributed by atoms with Crippen molar-refractivity contribution < 1.29 is 9.59 Å². The zero-order valence-corrected chi connectivity index (χ0v) is 15.3. The van der Waals surface area contributed by atoms with Crippen LogP contribution in [0.5, 0.6) is 0 Å². The fraction of sp³-hybridized carbons (Fsp3) is 0.200. The summed E-state index contributed by atoms with van der Waals surface area (Å²) in [5.41, 5.74) is 3.64. The Hall–Kier alpha value is -2.59. The van der Waals surface area contributed by atoms with Gasteiger partial charge < -0.3 is 10.2 Å². The molecule has 130 valence electrons. The average molecular weight is 357 g/mol. The van der Waals surface area contributed by atoms with Crippen LogP contribution in [0.15, 0.2) is 48.5 Å². The molecule has 0 atom stereocenters. The van der Waals surface area contributed by atoms with Crippen molar-refractivity contribution >= 4 is 35.2 Å². The molecule has 0 fully saturated rings. The summed E-state index contributed by atoms with van der Waals surface area (Å²) >= 11 is 6.05. The number of hydrogen-bond acceptors (Lipinski definition) is 2. The molecule has 4 nitrogen and oxygen atoms in total. The fourth-order valence-corrected chi connectivity index (χ4v) is 2.47. The maximum Gasteiger partial charge on any atom is 0.246 e. The van der Waals surface area contributed by atoms with E-state index in [0.29, 0.717) is 5.02 Å². The topological polar surface area (TPSA) is 49.4 Å². The van der Waals surface area contributed by atoms with Gasteiger partial charge in [0.05, 0.1) is 6.54 Å². The number of amides is 2. The number of nitrogens with zero attached hydrogens (tertiary/aromatic N) is 1. The lowest BCUT2D eigenvalue weighted by atomic mass is 10.1. The van der Waals surface area contributed by atoms with Crippen molar-refractivity contribution in [1.29, 1.82) is 0 Å². The molecule has 2 aromatic rings. The number of aryl methyl sites for hydroxylation is 1. The van der Waals surface area contributed by atoms with Crippen molar-refractivity contribution in [2.24, 2.45) is 0 Å². The van der Waals surface area contributed by atoms with Crippen molar-refractivity contribution in [3.63, 3.8) is 0 Å². The number of halogens is 1. The van der Waals surface area contributed by atoms with Crippen LogP contribution in [0.25, 0.3) is 6.08 Å². The van der Waals surface area contributed by atoms with Gasteiger partial charge in [0.2, 0.25) is 11.8 Å². The molecule has 2 rings (SSSR count). The Morgan fingerprint density at radius 3 is 2.56 bits per heavy atom. The number of likely N-dealkylation sites (N-methyl/N-ethyl adjacent to an activating group) is 1. The summed E-state index contributed by atoms with van der Waals surface area (Å²) in [4.78, 5) is 25.7. The van der Waals surface area contributed by atoms with Crippen LogP contribution in [-0.2, 0) is 9.59 Å². The van der Waals surface area contributed by atoms with Crippen LogP contribution in [0.1, 0.15) is 16.7 Å². The van der Waals surface area contributed by atoms with Gasteiger partial charge in [-0.2, -0.15) is 0 Å². The minimum absolute atomic E-state index is 0.0287. The summed E-state index contributed by atoms with van der Waals surface area (Å²) in [6, 6.07) is 13.0. The summed E-state index contributed by atoms with van der Waals surface area (Å²) in [5, 5.41) is 3.41. The summed E-state index contributed by atoms with van der Waals surface area (Å²) in [5.74, 6) is -0.508. The lowest BCUT2D eigenvalue weighted by molar-refractivity contribution is -0.129. The second-order valence-corrected chi connectivity index (χ2v) is 6.25. The molecule has 0 saturated heterocycles. The third-order valence-corrected chi connectivity index (χ3v) is 4.29. The minimum atomic E-state index is -0.268. The molecule has 0 bridgehead atoms. The quantitative estimate of drug-likeness (QED) is 0.821. The van der Waals surface area contributed by atoms with Crippen molar-refractivity contribution in [2.75, 3.05) is 18.9 Å². The highest BCUT2D eigenvalue weighted by Crippen LogP contribution is 2.18. The van der Waals surface area contributed by atoms with Gasteiger partial charge in [-0.05, 0) is 48.7 Å². The van der Waals surface area contributed by atoms with Gasteiger partial charge in [-0.3, -0.25) is 9.59 Å². The molecule has 2 amide bonds. The van der Waals surface area contributed by atoms with Crippen LogP contribution >= 0.6 is 11.6 Å². The van der Waals surface area contributed by atoms with E-state index in [1.54, 1.807) is 19.2 Å². The summed E-state index contributed by atoms with van der Waals surface area (Å²) in [6.07, 6.45) is 3.05. The Labute approximate surface area is 153 Å². The van der Waals surface area contributed by atoms with Gasteiger partial charge >= 0.3 is 0 Å². The van der Waals surface area contributed by atoms with Gasteiger partial charge in [0.1, 0.15) is 0 Å². The van der Waals surface area contributed by atoms with E-state index in [4.69, 9.17) is 11.6 Å². The lowest BCUT2D eigenvalue weighted by Crippen LogP contribution is -2.34. The summed E-state index contributed by atoms with van der Waals surface area (Å²) in [7, 11) is 1.59. The van der Waals surface area contributed by atoms with Crippen LogP contribution in [-0.4, -0.2) is 30.3 Å². The zero-order valence-electron chi connectivity index (χ0n) is 14.5. The van der Waals surface area contributed by atoms with Crippen molar-refractivity contribution in [3.8, 4) is 0 Å². The fourth-order valence-electron chi connectivity index (χ4n) is 2.27. The van der Waals surface area contributed by atoms with Gasteiger partial charge in [0.15, 0.2) is 0 Å². The number of benzene rings is 2. The Bertz CT molecular complexity index is 815. The van der Waals surface area contributed by atoms with E-state index in [1.807, 2.05) is 50.2 Å². The Balaban J connectivity index is 1.95. The van der Waals surface area contributed by atoms with Crippen LogP contribution < -0.4 is 5.32 Å². The number of anilines is 1. The minimum Gasteiger partial charge on any atom is -0.333 e. The number of carbonyl (C=O) groups excluding carboxylic acids is 2. The SMILES string of the molecule is Cc1cccc(NC(=O)CN(C)C(=O)/C=C/c2ccccc2Cl)c1C. The first-order valence-electron chi connectivity index (χ1n) is 7.92. The second-order valence-electron chi connectivity index (χ2n) is 5.84. The van der Waals surface area contributed by atoms with Crippen molar-refractivity contribution in [1.82, 2.24) is 4.90 Å². The molecular weight excluding hydrogens is 336 g/mol. The van der Waals surface area contributed by atoms with E-state index in [-0.39, 0.29) is 18.4 Å². The molecule has 5 heteroatoms. The first-order valence-corrected chi connectivity index (χ1v) is 8.30. The van der Waals surface area contributed by atoms with E-state index in [9.17, 15) is 9.59 Å². The predicted molar refractivity (Wildman–Crippen MR) is 103 cm³/mol. The maximum atomic E-state index is 12.2. The van der Waals surface area contributed by atoms with Crippen LogP contribution in [0, 0.1) is 13.8 Å². The Morgan fingerprint density at radius 1 is 1.12 bits per heavy atom. The van der Waals surface area contributed by atoms with E-state index >= 15 is 0 Å². The molecule has 0 heterocycles. The average Bonchev–Trinajstić information content (AvgIpc) is 2.58. The van der Waals surface area contributed by atoms with Crippen molar-refractivity contribution in [3.05, 3.63) is 70.3 Å². The number of rotatable bonds is 5. The number of hydrogen-bond donors (Lipinski definition) is 1. The van der Waals surface area contributed by atoms with Gasteiger partial charge in [-0.15, -0.1) is 0 Å². The predicted octanol–water partition coefficient (Wildman–Crippen LogP) is 4.07. The summed E-state index contributed by atoms with van der Waals surface area (Å²) < 4.78 is 0. The smallest absolute Gasteiger partial charge is 0.246 e. The van der Waals surface area contributed by atoms with Crippen LogP contribution in [0.2, 0.25) is 5.02 Å². The van der Waals surface area contributed by atoms with Gasteiger partial charge in [-0.25, -0.2) is 0 Å². The van der Waals surface area contributed by atoms with E-state index < -0.39 is 0 Å². The number of carbonyl (C=O) groups is 2. The lowest BCUT2D eigenvalue weighted by Gasteiger charge is -2.16. The molecule has 0 aliphatic rings. The molecule has 0 aliphatic carbocycles. The van der Waals surface area contributed by atoms with E-state index in [2.05, 4.69) is 5.32 Å². The van der Waals surface area contributed by atoms with Gasteiger partial charge in [0, 0.05) is 23.8 Å². The maximum absolute atomic E-state index is 12.2. The Kier molecular flexibility index (Phi) is 6.37. The highest BCUT2D eigenvalue weighted by molar-refractivity contribution is 6.32. The molecule has 0 radical (unpaired) electrons. The molecule has 0 aliphatic heterocycles. The standard InChI is InChI=1S/C20H21ClN2O2/c1-14-7-6-10-18(15(14)2)22-19(24)13-23(3)20(25)12-11-16-8-4-5-9-17(16)21/h4-12H,13H2,1-3H3,(H,22,24)/b12-11+.